The first-order valence-electron chi connectivity index (χ1n) is 3.06. The summed E-state index contributed by atoms with van der Waals surface area (Å²) >= 11 is 5.32. The Balaban J connectivity index is 3.06. The molecule has 0 fully saturated rings. The molecule has 8 heteroatoms. The summed E-state index contributed by atoms with van der Waals surface area (Å²) in [7, 11) is 0. The molecule has 0 aliphatic carbocycles. The van der Waals surface area contributed by atoms with Crippen LogP contribution in [0.2, 0.25) is 0 Å². The number of nitrogens with zero attached hydrogens (tertiary/aromatic N) is 1. The van der Waals surface area contributed by atoms with Gasteiger partial charge in [0.2, 0.25) is 0 Å². The highest BCUT2D eigenvalue weighted by Gasteiger charge is 2.32. The number of rotatable bonds is 1. The van der Waals surface area contributed by atoms with E-state index in [9.17, 15) is 17.6 Å². The Morgan fingerprint density at radius 2 is 1.86 bits per heavy atom. The van der Waals surface area contributed by atoms with E-state index in [0.717, 1.165) is 6.20 Å². The van der Waals surface area contributed by atoms with Crippen molar-refractivity contribution in [1.29, 1.82) is 0 Å². The Hall–Kier alpha value is -0.370. The summed E-state index contributed by atoms with van der Waals surface area (Å²) in [6.45, 7) is 0. The van der Waals surface area contributed by atoms with Crippen molar-refractivity contribution in [2.24, 2.45) is 0 Å². The molecule has 0 N–H and O–H groups in total. The quantitative estimate of drug-likeness (QED) is 0.576. The summed E-state index contributed by atoms with van der Waals surface area (Å²) in [6.07, 6.45) is -4.12. The topological polar surface area (TPSA) is 22.1 Å². The molecule has 1 aromatic heterocycles. The normalized spacial score (nSPS) is 11.6. The van der Waals surface area contributed by atoms with Gasteiger partial charge in [-0.25, -0.2) is 9.37 Å². The van der Waals surface area contributed by atoms with Gasteiger partial charge < -0.3 is 4.74 Å². The van der Waals surface area contributed by atoms with Crippen molar-refractivity contribution in [2.45, 2.75) is 6.36 Å². The highest BCUT2D eigenvalue weighted by molar-refractivity contribution is 9.11. The Labute approximate surface area is 92.5 Å². The lowest BCUT2D eigenvalue weighted by molar-refractivity contribution is -0.275. The molecule has 0 saturated heterocycles. The average molecular weight is 339 g/mol. The van der Waals surface area contributed by atoms with Gasteiger partial charge in [-0.3, -0.25) is 0 Å². The Morgan fingerprint density at radius 3 is 2.36 bits per heavy atom. The highest BCUT2D eigenvalue weighted by Crippen LogP contribution is 2.33. The third kappa shape index (κ3) is 2.81. The van der Waals surface area contributed by atoms with Gasteiger partial charge in [-0.05, 0) is 31.9 Å². The van der Waals surface area contributed by atoms with Crippen LogP contribution in [0.4, 0.5) is 17.6 Å². The van der Waals surface area contributed by atoms with Crippen LogP contribution in [0.5, 0.6) is 5.75 Å². The molecule has 0 unspecified atom stereocenters. The van der Waals surface area contributed by atoms with Crippen molar-refractivity contribution in [3.63, 3.8) is 0 Å². The van der Waals surface area contributed by atoms with Crippen LogP contribution >= 0.6 is 31.9 Å². The van der Waals surface area contributed by atoms with Crippen LogP contribution in [0.15, 0.2) is 15.3 Å². The molecule has 78 valence electrons. The largest absolute Gasteiger partial charge is 0.573 e. The van der Waals surface area contributed by atoms with Crippen molar-refractivity contribution in [3.05, 3.63) is 21.1 Å². The molecular weight excluding hydrogens is 338 g/mol. The maximum absolute atomic E-state index is 13.0. The van der Waals surface area contributed by atoms with Crippen LogP contribution < -0.4 is 4.74 Å². The monoisotopic (exact) mass is 337 g/mol. The van der Waals surface area contributed by atoms with Crippen molar-refractivity contribution >= 4 is 31.9 Å². The summed E-state index contributed by atoms with van der Waals surface area (Å²) in [5, 5.41) is 0. The standard InChI is InChI=1S/C6HBr2F4NO/c7-3-2(14-6(10,11)12)1-13-5(8)4(3)9/h1H. The Bertz CT molecular complexity index is 354. The molecule has 14 heavy (non-hydrogen) atoms. The zero-order valence-electron chi connectivity index (χ0n) is 6.20. The number of aromatic nitrogens is 1. The zero-order chi connectivity index (χ0) is 10.9. The number of hydrogen-bond acceptors (Lipinski definition) is 2. The maximum atomic E-state index is 13.0. The van der Waals surface area contributed by atoms with E-state index >= 15 is 0 Å². The molecule has 1 rings (SSSR count). The minimum absolute atomic E-state index is 0.195. The summed E-state index contributed by atoms with van der Waals surface area (Å²) in [5.74, 6) is -1.68. The molecule has 1 heterocycles. The maximum Gasteiger partial charge on any atom is 0.573 e. The predicted octanol–water partition coefficient (Wildman–Crippen LogP) is 3.64. The van der Waals surface area contributed by atoms with Crippen LogP contribution in [0.3, 0.4) is 0 Å². The van der Waals surface area contributed by atoms with E-state index in [0.29, 0.717) is 0 Å². The van der Waals surface area contributed by atoms with E-state index in [-0.39, 0.29) is 4.60 Å². The average Bonchev–Trinajstić information content (AvgIpc) is 2.04. The lowest BCUT2D eigenvalue weighted by Gasteiger charge is -2.10. The van der Waals surface area contributed by atoms with Gasteiger partial charge in [-0.2, -0.15) is 0 Å². The van der Waals surface area contributed by atoms with Crippen LogP contribution in [0, 0.1) is 5.82 Å². The molecule has 1 aromatic rings. The fourth-order valence-electron chi connectivity index (χ4n) is 0.623. The van der Waals surface area contributed by atoms with Crippen molar-refractivity contribution in [2.75, 3.05) is 0 Å². The lowest BCUT2D eigenvalue weighted by Crippen LogP contribution is -2.17. The minimum atomic E-state index is -4.87. The second-order valence-electron chi connectivity index (χ2n) is 2.09. The van der Waals surface area contributed by atoms with Crippen LogP contribution in [-0.2, 0) is 0 Å². The summed E-state index contributed by atoms with van der Waals surface area (Å²) < 4.78 is 51.1. The number of halogens is 6. The first-order valence-corrected chi connectivity index (χ1v) is 4.65. The molecule has 0 bridgehead atoms. The SMILES string of the molecule is Fc1c(Br)ncc(OC(F)(F)F)c1Br. The first kappa shape index (κ1) is 11.7. The van der Waals surface area contributed by atoms with Gasteiger partial charge >= 0.3 is 6.36 Å². The molecule has 0 amide bonds. The third-order valence-electron chi connectivity index (χ3n) is 1.11. The van der Waals surface area contributed by atoms with Gasteiger partial charge in [0.25, 0.3) is 0 Å². The first-order chi connectivity index (χ1) is 6.31. The fraction of sp³-hybridized carbons (Fsp3) is 0.167. The van der Waals surface area contributed by atoms with E-state index in [1.165, 1.54) is 0 Å². The van der Waals surface area contributed by atoms with E-state index in [1.54, 1.807) is 0 Å². The predicted molar refractivity (Wildman–Crippen MR) is 46.3 cm³/mol. The molecule has 0 aliphatic heterocycles. The van der Waals surface area contributed by atoms with E-state index in [4.69, 9.17) is 0 Å². The molecule has 0 aliphatic rings. The second kappa shape index (κ2) is 4.01. The molecule has 0 aromatic carbocycles. The van der Waals surface area contributed by atoms with Crippen LogP contribution in [0.25, 0.3) is 0 Å². The number of hydrogen-bond donors (Lipinski definition) is 0. The lowest BCUT2D eigenvalue weighted by atomic mass is 10.4. The highest BCUT2D eigenvalue weighted by atomic mass is 79.9. The second-order valence-corrected chi connectivity index (χ2v) is 3.63. The van der Waals surface area contributed by atoms with E-state index in [2.05, 4.69) is 41.6 Å². The fourth-order valence-corrected chi connectivity index (χ4v) is 1.56. The molecule has 0 radical (unpaired) electrons. The minimum Gasteiger partial charge on any atom is -0.403 e. The Kier molecular flexibility index (Phi) is 3.36. The van der Waals surface area contributed by atoms with Crippen LogP contribution in [-0.4, -0.2) is 11.3 Å². The smallest absolute Gasteiger partial charge is 0.403 e. The van der Waals surface area contributed by atoms with E-state index in [1.807, 2.05) is 0 Å². The third-order valence-corrected chi connectivity index (χ3v) is 2.40. The van der Waals surface area contributed by atoms with Crippen molar-refractivity contribution in [1.82, 2.24) is 4.98 Å². The van der Waals surface area contributed by atoms with Crippen LogP contribution in [0.1, 0.15) is 0 Å². The summed E-state index contributed by atoms with van der Waals surface area (Å²) in [4.78, 5) is 3.31. The van der Waals surface area contributed by atoms with Gasteiger partial charge in [-0.1, -0.05) is 0 Å². The van der Waals surface area contributed by atoms with Crippen molar-refractivity contribution in [3.8, 4) is 5.75 Å². The van der Waals surface area contributed by atoms with Gasteiger partial charge in [0.1, 0.15) is 9.08 Å². The molecule has 0 atom stereocenters. The number of ether oxygens (including phenoxy) is 1. The summed E-state index contributed by atoms with van der Waals surface area (Å²) in [5.41, 5.74) is 0. The zero-order valence-corrected chi connectivity index (χ0v) is 9.37. The van der Waals surface area contributed by atoms with Crippen molar-refractivity contribution < 1.29 is 22.3 Å². The Morgan fingerprint density at radius 1 is 1.29 bits per heavy atom. The molecule has 2 nitrogen and oxygen atoms in total. The van der Waals surface area contributed by atoms with Gasteiger partial charge in [-0.15, -0.1) is 13.2 Å². The summed E-state index contributed by atoms with van der Waals surface area (Å²) in [6, 6.07) is 0. The van der Waals surface area contributed by atoms with Gasteiger partial charge in [0.05, 0.1) is 6.20 Å². The number of alkyl halides is 3. The van der Waals surface area contributed by atoms with Gasteiger partial charge in [0, 0.05) is 0 Å². The molecule has 0 spiro atoms. The molecular formula is C6HBr2F4NO. The number of pyridine rings is 1. The van der Waals surface area contributed by atoms with Gasteiger partial charge in [0.15, 0.2) is 11.6 Å². The molecule has 0 saturated carbocycles. The van der Waals surface area contributed by atoms with E-state index < -0.39 is 22.4 Å².